The second-order valence-electron chi connectivity index (χ2n) is 3.01. The van der Waals surface area contributed by atoms with Crippen molar-refractivity contribution in [2.75, 3.05) is 13.2 Å². The highest BCUT2D eigenvalue weighted by Gasteiger charge is 1.86. The first-order valence-electron chi connectivity index (χ1n) is 5.42. The van der Waals surface area contributed by atoms with Gasteiger partial charge >= 0.3 is 10.0 Å². The van der Waals surface area contributed by atoms with E-state index in [1.807, 2.05) is 32.1 Å². The molecular formula is C13H20O2Si. The predicted octanol–water partition coefficient (Wildman–Crippen LogP) is 3.23. The minimum Gasteiger partial charge on any atom is -0.393 e. The predicted molar refractivity (Wildman–Crippen MR) is 70.3 cm³/mol. The van der Waals surface area contributed by atoms with Crippen LogP contribution in [0.15, 0.2) is 30.8 Å². The molecule has 1 aromatic rings. The van der Waals surface area contributed by atoms with E-state index in [9.17, 15) is 0 Å². The van der Waals surface area contributed by atoms with Gasteiger partial charge in [-0.1, -0.05) is 36.9 Å². The maximum atomic E-state index is 4.88. The molecule has 0 fully saturated rings. The van der Waals surface area contributed by atoms with Gasteiger partial charge < -0.3 is 8.85 Å². The molecule has 0 aromatic heterocycles. The monoisotopic (exact) mass is 236 g/mol. The van der Waals surface area contributed by atoms with Crippen LogP contribution in [0.2, 0.25) is 0 Å². The molecule has 16 heavy (non-hydrogen) atoms. The molecule has 2 nitrogen and oxygen atoms in total. The maximum Gasteiger partial charge on any atom is 0.433 e. The third-order valence-corrected chi connectivity index (χ3v) is 2.63. The fourth-order valence-electron chi connectivity index (χ4n) is 0.975. The summed E-state index contributed by atoms with van der Waals surface area (Å²) >= 11 is 0. The van der Waals surface area contributed by atoms with Crippen LogP contribution in [0.4, 0.5) is 0 Å². The molecule has 0 amide bonds. The molecule has 0 aliphatic heterocycles. The van der Waals surface area contributed by atoms with E-state index >= 15 is 0 Å². The van der Waals surface area contributed by atoms with Crippen LogP contribution < -0.4 is 0 Å². The summed E-state index contributed by atoms with van der Waals surface area (Å²) in [5.41, 5.74) is 2.50. The summed E-state index contributed by atoms with van der Waals surface area (Å²) in [7, 11) is 0.232. The van der Waals surface area contributed by atoms with Crippen molar-refractivity contribution in [1.29, 1.82) is 0 Å². The lowest BCUT2D eigenvalue weighted by molar-refractivity contribution is 0.240. The summed E-state index contributed by atoms with van der Waals surface area (Å²) in [4.78, 5) is 0. The lowest BCUT2D eigenvalue weighted by Gasteiger charge is -1.95. The third-order valence-electron chi connectivity index (χ3n) is 1.81. The lowest BCUT2D eigenvalue weighted by Crippen LogP contribution is -2.02. The van der Waals surface area contributed by atoms with Crippen LogP contribution in [0.3, 0.4) is 0 Å². The normalized spacial score (nSPS) is 9.19. The van der Waals surface area contributed by atoms with Crippen LogP contribution in [0, 0.1) is 6.92 Å². The number of rotatable bonds is 5. The first-order chi connectivity index (χ1) is 7.76. The van der Waals surface area contributed by atoms with Crippen LogP contribution in [-0.2, 0) is 8.85 Å². The van der Waals surface area contributed by atoms with E-state index < -0.39 is 0 Å². The fraction of sp³-hybridized carbons (Fsp3) is 0.385. The lowest BCUT2D eigenvalue weighted by atomic mass is 10.1. The first-order valence-corrected chi connectivity index (χ1v) is 6.24. The zero-order valence-corrected chi connectivity index (χ0v) is 11.3. The van der Waals surface area contributed by atoms with Crippen molar-refractivity contribution in [2.45, 2.75) is 20.8 Å². The van der Waals surface area contributed by atoms with Crippen molar-refractivity contribution in [2.24, 2.45) is 0 Å². The topological polar surface area (TPSA) is 18.5 Å². The average molecular weight is 236 g/mol. The highest BCUT2D eigenvalue weighted by Crippen LogP contribution is 2.06. The van der Waals surface area contributed by atoms with Gasteiger partial charge in [0, 0.05) is 13.2 Å². The molecule has 3 heteroatoms. The summed E-state index contributed by atoms with van der Waals surface area (Å²) < 4.78 is 9.76. The Kier molecular flexibility index (Phi) is 10.0. The Bertz CT molecular complexity index is 283. The molecule has 2 radical (unpaired) electrons. The van der Waals surface area contributed by atoms with Gasteiger partial charge in [-0.2, -0.15) is 0 Å². The van der Waals surface area contributed by atoms with Gasteiger partial charge in [0.1, 0.15) is 0 Å². The first kappa shape index (κ1) is 15.1. The quantitative estimate of drug-likeness (QED) is 0.577. The van der Waals surface area contributed by atoms with Gasteiger partial charge in [-0.25, -0.2) is 0 Å². The van der Waals surface area contributed by atoms with Crippen LogP contribution >= 0.6 is 0 Å². The van der Waals surface area contributed by atoms with E-state index in [0.717, 1.165) is 13.2 Å². The zero-order chi connectivity index (χ0) is 12.2. The molecule has 0 saturated carbocycles. The number of aryl methyl sites for hydroxylation is 1. The van der Waals surface area contributed by atoms with Crippen molar-refractivity contribution in [3.8, 4) is 0 Å². The highest BCUT2D eigenvalue weighted by atomic mass is 28.3. The van der Waals surface area contributed by atoms with Gasteiger partial charge in [0.05, 0.1) is 0 Å². The van der Waals surface area contributed by atoms with E-state index in [2.05, 4.69) is 25.6 Å². The Balaban J connectivity index is 0.000000293. The number of hydrogen-bond acceptors (Lipinski definition) is 2. The van der Waals surface area contributed by atoms with Crippen molar-refractivity contribution in [3.63, 3.8) is 0 Å². The summed E-state index contributed by atoms with van der Waals surface area (Å²) in [6.07, 6.45) is 1.87. The SMILES string of the molecule is C=Cc1ccccc1C.CCO[Si]OCC. The van der Waals surface area contributed by atoms with E-state index in [1.54, 1.807) is 0 Å². The summed E-state index contributed by atoms with van der Waals surface area (Å²) in [6, 6.07) is 8.19. The van der Waals surface area contributed by atoms with Crippen LogP contribution in [-0.4, -0.2) is 23.2 Å². The third kappa shape index (κ3) is 7.40. The van der Waals surface area contributed by atoms with E-state index in [0.29, 0.717) is 0 Å². The van der Waals surface area contributed by atoms with Crippen molar-refractivity contribution >= 4 is 16.1 Å². The molecule has 0 spiro atoms. The molecule has 0 bridgehead atoms. The van der Waals surface area contributed by atoms with Gasteiger partial charge in [-0.15, -0.1) is 0 Å². The van der Waals surface area contributed by atoms with E-state index in [1.165, 1.54) is 11.1 Å². The Morgan fingerprint density at radius 1 is 1.19 bits per heavy atom. The standard InChI is InChI=1S/C9H10.C4H10O2Si/c1-3-9-7-5-4-6-8(9)2;1-3-5-7-6-4-2/h3-7H,1H2,2H3;3-4H2,1-2H3. The molecule has 1 rings (SSSR count). The molecule has 0 aliphatic rings. The summed E-state index contributed by atoms with van der Waals surface area (Å²) in [5.74, 6) is 0. The molecule has 88 valence electrons. The molecule has 0 aliphatic carbocycles. The largest absolute Gasteiger partial charge is 0.433 e. The Hall–Kier alpha value is -0.903. The average Bonchev–Trinajstić information content (AvgIpc) is 2.31. The minimum atomic E-state index is 0.232. The number of benzene rings is 1. The van der Waals surface area contributed by atoms with E-state index in [4.69, 9.17) is 8.85 Å². The van der Waals surface area contributed by atoms with Gasteiger partial charge in [-0.05, 0) is 31.9 Å². The molecule has 0 heterocycles. The maximum absolute atomic E-state index is 4.88. The van der Waals surface area contributed by atoms with E-state index in [-0.39, 0.29) is 10.0 Å². The second-order valence-corrected chi connectivity index (χ2v) is 3.75. The molecule has 1 aromatic carbocycles. The van der Waals surface area contributed by atoms with Gasteiger partial charge in [0.2, 0.25) is 0 Å². The summed E-state index contributed by atoms with van der Waals surface area (Å²) in [5, 5.41) is 0. The Labute approximate surface area is 101 Å². The molecule has 0 N–H and O–H groups in total. The molecule has 0 saturated heterocycles. The zero-order valence-electron chi connectivity index (χ0n) is 10.3. The molecule has 0 atom stereocenters. The summed E-state index contributed by atoms with van der Waals surface area (Å²) in [6.45, 7) is 11.2. The highest BCUT2D eigenvalue weighted by molar-refractivity contribution is 6.17. The number of hydrogen-bond donors (Lipinski definition) is 0. The van der Waals surface area contributed by atoms with Crippen LogP contribution in [0.25, 0.3) is 6.08 Å². The second kappa shape index (κ2) is 10.6. The Morgan fingerprint density at radius 3 is 2.12 bits per heavy atom. The Morgan fingerprint density at radius 2 is 1.75 bits per heavy atom. The van der Waals surface area contributed by atoms with Crippen molar-refractivity contribution in [1.82, 2.24) is 0 Å². The van der Waals surface area contributed by atoms with Crippen molar-refractivity contribution < 1.29 is 8.85 Å². The minimum absolute atomic E-state index is 0.232. The molecule has 0 unspecified atom stereocenters. The molecular weight excluding hydrogens is 216 g/mol. The van der Waals surface area contributed by atoms with Gasteiger partial charge in [0.15, 0.2) is 0 Å². The fourth-order valence-corrected chi connectivity index (χ4v) is 1.29. The smallest absolute Gasteiger partial charge is 0.393 e. The van der Waals surface area contributed by atoms with Gasteiger partial charge in [-0.3, -0.25) is 0 Å². The van der Waals surface area contributed by atoms with Crippen molar-refractivity contribution in [3.05, 3.63) is 42.0 Å². The van der Waals surface area contributed by atoms with Crippen LogP contribution in [0.5, 0.6) is 0 Å². The van der Waals surface area contributed by atoms with Gasteiger partial charge in [0.25, 0.3) is 0 Å². The van der Waals surface area contributed by atoms with Crippen LogP contribution in [0.1, 0.15) is 25.0 Å².